The van der Waals surface area contributed by atoms with Gasteiger partial charge in [-0.1, -0.05) is 35.3 Å². The molecule has 0 unspecified atom stereocenters. The molecule has 5 rings (SSSR count). The molecule has 2 aromatic heterocycles. The third-order valence-corrected chi connectivity index (χ3v) is 6.13. The van der Waals surface area contributed by atoms with E-state index in [0.717, 1.165) is 23.0 Å². The van der Waals surface area contributed by atoms with Crippen LogP contribution in [0.5, 0.6) is 11.5 Å². The third-order valence-electron chi connectivity index (χ3n) is 5.56. The van der Waals surface area contributed by atoms with Crippen LogP contribution < -0.4 is 21.5 Å². The van der Waals surface area contributed by atoms with Gasteiger partial charge in [0.1, 0.15) is 11.9 Å². The van der Waals surface area contributed by atoms with Gasteiger partial charge in [-0.15, -0.1) is 0 Å². The molecule has 198 valence electrons. The Hall–Kier alpha value is -4.42. The summed E-state index contributed by atoms with van der Waals surface area (Å²) in [6.45, 7) is -0.102. The van der Waals surface area contributed by atoms with Crippen LogP contribution in [0.15, 0.2) is 81.5 Å². The maximum atomic E-state index is 13.0. The molecule has 0 amide bonds. The summed E-state index contributed by atoms with van der Waals surface area (Å²) in [5.74, 6) is 0.290. The van der Waals surface area contributed by atoms with Gasteiger partial charge < -0.3 is 4.74 Å². The molecule has 0 saturated heterocycles. The first-order valence-corrected chi connectivity index (χ1v) is 11.8. The SMILES string of the molecule is O=c1cnn(-c2cc(Cl)c(Oc3ccc4c(=O)n(Cc5cccc(C(F)(F)F)c5)cnc4c3)c(Cl)c2)c(=O)[nH]1. The fourth-order valence-electron chi connectivity index (χ4n) is 3.78. The lowest BCUT2D eigenvalue weighted by Crippen LogP contribution is -2.30. The van der Waals surface area contributed by atoms with Gasteiger partial charge in [0, 0.05) is 6.07 Å². The summed E-state index contributed by atoms with van der Waals surface area (Å²) in [7, 11) is 0. The Morgan fingerprint density at radius 1 is 0.974 bits per heavy atom. The molecule has 0 aliphatic carbocycles. The maximum absolute atomic E-state index is 13.0. The molecule has 0 aliphatic heterocycles. The number of benzene rings is 3. The van der Waals surface area contributed by atoms with Crippen molar-refractivity contribution in [3.05, 3.63) is 119 Å². The number of aromatic amines is 1. The topological polar surface area (TPSA) is 112 Å². The number of hydrogen-bond acceptors (Lipinski definition) is 6. The van der Waals surface area contributed by atoms with Crippen LogP contribution in [0.4, 0.5) is 13.2 Å². The smallest absolute Gasteiger partial charge is 0.416 e. The fourth-order valence-corrected chi connectivity index (χ4v) is 4.33. The van der Waals surface area contributed by atoms with Gasteiger partial charge in [0.15, 0.2) is 5.75 Å². The lowest BCUT2D eigenvalue weighted by Gasteiger charge is -2.13. The number of rotatable bonds is 5. The number of halogens is 5. The molecule has 0 spiro atoms. The molecule has 3 aromatic carbocycles. The van der Waals surface area contributed by atoms with E-state index in [9.17, 15) is 27.6 Å². The Labute approximate surface area is 225 Å². The lowest BCUT2D eigenvalue weighted by molar-refractivity contribution is -0.137. The van der Waals surface area contributed by atoms with Gasteiger partial charge in [-0.3, -0.25) is 19.1 Å². The van der Waals surface area contributed by atoms with Crippen molar-refractivity contribution in [1.82, 2.24) is 24.3 Å². The Bertz CT molecular complexity index is 1890. The first-order chi connectivity index (χ1) is 18.5. The zero-order valence-electron chi connectivity index (χ0n) is 19.4. The van der Waals surface area contributed by atoms with E-state index >= 15 is 0 Å². The van der Waals surface area contributed by atoms with Crippen molar-refractivity contribution in [2.75, 3.05) is 0 Å². The molecular weight excluding hydrogens is 562 g/mol. The van der Waals surface area contributed by atoms with Crippen molar-refractivity contribution in [1.29, 1.82) is 0 Å². The van der Waals surface area contributed by atoms with Crippen molar-refractivity contribution in [3.63, 3.8) is 0 Å². The van der Waals surface area contributed by atoms with Gasteiger partial charge in [-0.2, -0.15) is 23.0 Å². The highest BCUT2D eigenvalue weighted by Crippen LogP contribution is 2.38. The average Bonchev–Trinajstić information content (AvgIpc) is 2.87. The summed E-state index contributed by atoms with van der Waals surface area (Å²) in [6, 6.07) is 11.8. The van der Waals surface area contributed by atoms with Gasteiger partial charge in [0.25, 0.3) is 11.1 Å². The van der Waals surface area contributed by atoms with Crippen LogP contribution in [0.1, 0.15) is 11.1 Å². The number of fused-ring (bicyclic) bond motifs is 1. The normalized spacial score (nSPS) is 11.6. The van der Waals surface area contributed by atoms with Gasteiger partial charge in [-0.25, -0.2) is 9.78 Å². The average molecular weight is 576 g/mol. The summed E-state index contributed by atoms with van der Waals surface area (Å²) in [6.07, 6.45) is -2.34. The molecule has 0 aliphatic rings. The highest BCUT2D eigenvalue weighted by molar-refractivity contribution is 6.37. The standard InChI is InChI=1S/C25H14Cl2F3N5O4/c26-18-7-15(35-24(38)33-21(36)10-32-35)8-19(27)22(18)39-16-4-5-17-20(9-16)31-12-34(23(17)37)11-13-2-1-3-14(6-13)25(28,29)30/h1-10,12H,11H2,(H,33,36,38). The number of aromatic nitrogens is 5. The van der Waals surface area contributed by atoms with Crippen LogP contribution >= 0.6 is 23.2 Å². The van der Waals surface area contributed by atoms with Gasteiger partial charge in [-0.05, 0) is 42.0 Å². The van der Waals surface area contributed by atoms with Crippen LogP contribution in [0.3, 0.4) is 0 Å². The van der Waals surface area contributed by atoms with Crippen molar-refractivity contribution in [2.24, 2.45) is 0 Å². The number of ether oxygens (including phenoxy) is 1. The minimum absolute atomic E-state index is 0.0296. The Morgan fingerprint density at radius 3 is 2.41 bits per heavy atom. The second kappa shape index (κ2) is 10.0. The molecule has 0 radical (unpaired) electrons. The zero-order valence-corrected chi connectivity index (χ0v) is 20.9. The third kappa shape index (κ3) is 5.42. The second-order valence-corrected chi connectivity index (χ2v) is 9.06. The molecule has 39 heavy (non-hydrogen) atoms. The predicted molar refractivity (Wildman–Crippen MR) is 137 cm³/mol. The van der Waals surface area contributed by atoms with Gasteiger partial charge in [0.2, 0.25) is 0 Å². The molecular formula is C25H14Cl2F3N5O4. The van der Waals surface area contributed by atoms with E-state index in [2.05, 4.69) is 15.1 Å². The summed E-state index contributed by atoms with van der Waals surface area (Å²) >= 11 is 12.7. The fraction of sp³-hybridized carbons (Fsp3) is 0.0800. The Balaban J connectivity index is 1.42. The van der Waals surface area contributed by atoms with Gasteiger partial charge in [0.05, 0.1) is 45.1 Å². The van der Waals surface area contributed by atoms with Gasteiger partial charge >= 0.3 is 11.9 Å². The minimum Gasteiger partial charge on any atom is -0.454 e. The van der Waals surface area contributed by atoms with E-state index in [0.29, 0.717) is 5.56 Å². The van der Waals surface area contributed by atoms with E-state index in [1.807, 2.05) is 0 Å². The predicted octanol–water partition coefficient (Wildman–Crippen LogP) is 4.80. The minimum atomic E-state index is -4.50. The van der Waals surface area contributed by atoms with Crippen LogP contribution in [0.2, 0.25) is 10.0 Å². The molecule has 1 N–H and O–H groups in total. The molecule has 0 atom stereocenters. The molecule has 9 nitrogen and oxygen atoms in total. The molecule has 5 aromatic rings. The van der Waals surface area contributed by atoms with Crippen LogP contribution in [-0.4, -0.2) is 24.3 Å². The van der Waals surface area contributed by atoms with E-state index in [-0.39, 0.29) is 44.7 Å². The van der Waals surface area contributed by atoms with Crippen LogP contribution in [0, 0.1) is 0 Å². The number of nitrogens with one attached hydrogen (secondary N) is 1. The quantitative estimate of drug-likeness (QED) is 0.322. The van der Waals surface area contributed by atoms with E-state index in [1.165, 1.54) is 53.4 Å². The zero-order chi connectivity index (χ0) is 27.9. The summed E-state index contributed by atoms with van der Waals surface area (Å²) < 4.78 is 47.0. The number of hydrogen-bond donors (Lipinski definition) is 1. The maximum Gasteiger partial charge on any atom is 0.416 e. The monoisotopic (exact) mass is 575 g/mol. The highest BCUT2D eigenvalue weighted by atomic mass is 35.5. The largest absolute Gasteiger partial charge is 0.454 e. The molecule has 0 saturated carbocycles. The van der Waals surface area contributed by atoms with Crippen molar-refractivity contribution in [3.8, 4) is 17.2 Å². The summed E-state index contributed by atoms with van der Waals surface area (Å²) in [4.78, 5) is 42.6. The molecule has 0 fully saturated rings. The molecule has 0 bridgehead atoms. The Morgan fingerprint density at radius 2 is 1.72 bits per heavy atom. The van der Waals surface area contributed by atoms with Crippen molar-refractivity contribution >= 4 is 34.1 Å². The number of H-pyrrole nitrogens is 1. The highest BCUT2D eigenvalue weighted by Gasteiger charge is 2.30. The van der Waals surface area contributed by atoms with E-state index < -0.39 is 28.5 Å². The first kappa shape index (κ1) is 26.2. The van der Waals surface area contributed by atoms with Crippen LogP contribution in [0.25, 0.3) is 16.6 Å². The Kier molecular flexibility index (Phi) is 6.74. The summed E-state index contributed by atoms with van der Waals surface area (Å²) in [5.41, 5.74) is -1.98. The lowest BCUT2D eigenvalue weighted by atomic mass is 10.1. The van der Waals surface area contributed by atoms with Crippen molar-refractivity contribution < 1.29 is 17.9 Å². The van der Waals surface area contributed by atoms with E-state index in [1.54, 1.807) is 0 Å². The molecule has 14 heteroatoms. The first-order valence-electron chi connectivity index (χ1n) is 11.0. The number of alkyl halides is 3. The van der Waals surface area contributed by atoms with Crippen molar-refractivity contribution in [2.45, 2.75) is 12.7 Å². The second-order valence-electron chi connectivity index (χ2n) is 8.25. The molecule has 2 heterocycles. The van der Waals surface area contributed by atoms with E-state index in [4.69, 9.17) is 27.9 Å². The summed E-state index contributed by atoms with van der Waals surface area (Å²) in [5, 5.41) is 4.02. The van der Waals surface area contributed by atoms with Crippen LogP contribution in [-0.2, 0) is 12.7 Å². The number of nitrogens with zero attached hydrogens (tertiary/aromatic N) is 4.